The fourth-order valence-corrected chi connectivity index (χ4v) is 2.79. The van der Waals surface area contributed by atoms with Crippen LogP contribution in [0.5, 0.6) is 0 Å². The summed E-state index contributed by atoms with van der Waals surface area (Å²) in [6.07, 6.45) is 5.56. The number of benzene rings is 1. The number of anilines is 1. The van der Waals surface area contributed by atoms with Gasteiger partial charge in [0, 0.05) is 31.2 Å². The molecule has 2 amide bonds. The summed E-state index contributed by atoms with van der Waals surface area (Å²) in [5, 5.41) is 2.92. The van der Waals surface area contributed by atoms with Gasteiger partial charge in [0.2, 0.25) is 0 Å². The van der Waals surface area contributed by atoms with Crippen LogP contribution in [0.25, 0.3) is 5.65 Å². The van der Waals surface area contributed by atoms with Crippen LogP contribution in [-0.2, 0) is 0 Å². The third-order valence-electron chi connectivity index (χ3n) is 3.82. The zero-order chi connectivity index (χ0) is 14.2. The van der Waals surface area contributed by atoms with E-state index < -0.39 is 0 Å². The van der Waals surface area contributed by atoms with Crippen LogP contribution in [0.3, 0.4) is 0 Å². The van der Waals surface area contributed by atoms with Crippen LogP contribution >= 0.6 is 0 Å². The maximum absolute atomic E-state index is 12.2. The summed E-state index contributed by atoms with van der Waals surface area (Å²) in [6, 6.07) is 13.9. The molecule has 4 rings (SSSR count). The first-order valence-corrected chi connectivity index (χ1v) is 6.88. The number of carbonyl (C=O) groups is 1. The highest BCUT2D eigenvalue weighted by Gasteiger charge is 2.33. The molecule has 0 saturated carbocycles. The van der Waals surface area contributed by atoms with E-state index in [9.17, 15) is 4.79 Å². The van der Waals surface area contributed by atoms with Crippen molar-refractivity contribution in [1.82, 2.24) is 14.7 Å². The standard InChI is InChI=1S/C16H14N4O/c21-16-18-11-14(12-4-2-1-3-5-12)20(16)13-6-8-19-9-7-17-15(19)10-13/h1-10,14H,11H2,(H,18,21). The van der Waals surface area contributed by atoms with E-state index >= 15 is 0 Å². The predicted molar refractivity (Wildman–Crippen MR) is 80.3 cm³/mol. The molecule has 5 heteroatoms. The molecule has 0 radical (unpaired) electrons. The van der Waals surface area contributed by atoms with Gasteiger partial charge in [-0.3, -0.25) is 4.90 Å². The highest BCUT2D eigenvalue weighted by atomic mass is 16.2. The molecule has 1 aliphatic rings. The molecule has 2 aromatic heterocycles. The SMILES string of the molecule is O=C1NCC(c2ccccc2)N1c1ccn2ccnc2c1. The van der Waals surface area contributed by atoms with Gasteiger partial charge in [-0.2, -0.15) is 0 Å². The fraction of sp³-hybridized carbons (Fsp3) is 0.125. The predicted octanol–water partition coefficient (Wildman–Crippen LogP) is 2.61. The number of hydrogen-bond donors (Lipinski definition) is 1. The number of amides is 2. The lowest BCUT2D eigenvalue weighted by Crippen LogP contribution is -2.29. The van der Waals surface area contributed by atoms with Gasteiger partial charge < -0.3 is 9.72 Å². The molecule has 1 fully saturated rings. The Morgan fingerprint density at radius 1 is 1.14 bits per heavy atom. The zero-order valence-corrected chi connectivity index (χ0v) is 11.3. The Hall–Kier alpha value is -2.82. The molecule has 1 atom stereocenters. The quantitative estimate of drug-likeness (QED) is 0.783. The van der Waals surface area contributed by atoms with Crippen molar-refractivity contribution in [2.45, 2.75) is 6.04 Å². The monoisotopic (exact) mass is 278 g/mol. The number of aromatic nitrogens is 2. The van der Waals surface area contributed by atoms with Gasteiger partial charge in [0.1, 0.15) is 5.65 Å². The molecular weight excluding hydrogens is 264 g/mol. The smallest absolute Gasteiger partial charge is 0.322 e. The second-order valence-corrected chi connectivity index (χ2v) is 5.06. The average molecular weight is 278 g/mol. The van der Waals surface area contributed by atoms with Crippen molar-refractivity contribution >= 4 is 17.4 Å². The van der Waals surface area contributed by atoms with Crippen molar-refractivity contribution in [2.24, 2.45) is 0 Å². The molecule has 1 aromatic carbocycles. The molecule has 21 heavy (non-hydrogen) atoms. The molecule has 1 saturated heterocycles. The number of fused-ring (bicyclic) bond motifs is 1. The van der Waals surface area contributed by atoms with Gasteiger partial charge in [0.15, 0.2) is 0 Å². The van der Waals surface area contributed by atoms with Crippen molar-refractivity contribution in [3.63, 3.8) is 0 Å². The number of imidazole rings is 1. The lowest BCUT2D eigenvalue weighted by atomic mass is 10.1. The normalized spacial score (nSPS) is 18.2. The summed E-state index contributed by atoms with van der Waals surface area (Å²) < 4.78 is 1.93. The van der Waals surface area contributed by atoms with Crippen molar-refractivity contribution in [1.29, 1.82) is 0 Å². The third kappa shape index (κ3) is 1.94. The van der Waals surface area contributed by atoms with Crippen LogP contribution in [0, 0.1) is 0 Å². The van der Waals surface area contributed by atoms with Crippen LogP contribution in [0.15, 0.2) is 61.1 Å². The Balaban J connectivity index is 1.78. The van der Waals surface area contributed by atoms with E-state index in [-0.39, 0.29) is 12.1 Å². The second kappa shape index (κ2) is 4.63. The minimum Gasteiger partial charge on any atom is -0.335 e. The van der Waals surface area contributed by atoms with E-state index in [4.69, 9.17) is 0 Å². The minimum atomic E-state index is -0.0697. The van der Waals surface area contributed by atoms with E-state index in [1.807, 2.05) is 59.3 Å². The number of pyridine rings is 1. The topological polar surface area (TPSA) is 49.6 Å². The van der Waals surface area contributed by atoms with Crippen LogP contribution in [0.1, 0.15) is 11.6 Å². The second-order valence-electron chi connectivity index (χ2n) is 5.06. The van der Waals surface area contributed by atoms with Gasteiger partial charge in [-0.1, -0.05) is 30.3 Å². The summed E-state index contributed by atoms with van der Waals surface area (Å²) in [7, 11) is 0. The minimum absolute atomic E-state index is 0.0103. The summed E-state index contributed by atoms with van der Waals surface area (Å²) in [4.78, 5) is 18.3. The largest absolute Gasteiger partial charge is 0.335 e. The maximum atomic E-state index is 12.2. The van der Waals surface area contributed by atoms with Crippen LogP contribution in [0.4, 0.5) is 10.5 Å². The Morgan fingerprint density at radius 2 is 2.00 bits per heavy atom. The molecule has 0 bridgehead atoms. The van der Waals surface area contributed by atoms with Gasteiger partial charge in [0.05, 0.1) is 11.7 Å². The molecule has 3 aromatic rings. The molecule has 0 aliphatic carbocycles. The van der Waals surface area contributed by atoms with Gasteiger partial charge in [-0.15, -0.1) is 0 Å². The van der Waals surface area contributed by atoms with Crippen LogP contribution in [-0.4, -0.2) is 22.0 Å². The van der Waals surface area contributed by atoms with Crippen molar-refractivity contribution in [3.05, 3.63) is 66.6 Å². The highest BCUT2D eigenvalue weighted by molar-refractivity contribution is 5.95. The van der Waals surface area contributed by atoms with Crippen LogP contribution in [0.2, 0.25) is 0 Å². The summed E-state index contributed by atoms with van der Waals surface area (Å²) in [6.45, 7) is 0.614. The number of nitrogens with one attached hydrogen (secondary N) is 1. The maximum Gasteiger partial charge on any atom is 0.322 e. The van der Waals surface area contributed by atoms with Gasteiger partial charge in [-0.25, -0.2) is 9.78 Å². The Bertz CT molecular complexity index is 796. The third-order valence-corrected chi connectivity index (χ3v) is 3.82. The summed E-state index contributed by atoms with van der Waals surface area (Å²) in [5.41, 5.74) is 2.82. The number of carbonyl (C=O) groups excluding carboxylic acids is 1. The molecule has 1 aliphatic heterocycles. The van der Waals surface area contributed by atoms with E-state index in [1.54, 1.807) is 11.1 Å². The first kappa shape index (κ1) is 12.0. The molecule has 104 valence electrons. The van der Waals surface area contributed by atoms with E-state index in [0.717, 1.165) is 16.9 Å². The zero-order valence-electron chi connectivity index (χ0n) is 11.3. The summed E-state index contributed by atoms with van der Waals surface area (Å²) >= 11 is 0. The fourth-order valence-electron chi connectivity index (χ4n) is 2.79. The van der Waals surface area contributed by atoms with Crippen LogP contribution < -0.4 is 10.2 Å². The van der Waals surface area contributed by atoms with E-state index in [0.29, 0.717) is 6.54 Å². The average Bonchev–Trinajstić information content (AvgIpc) is 3.13. The molecule has 0 spiro atoms. The lowest BCUT2D eigenvalue weighted by molar-refractivity contribution is 0.251. The van der Waals surface area contributed by atoms with Crippen molar-refractivity contribution in [3.8, 4) is 0 Å². The summed E-state index contributed by atoms with van der Waals surface area (Å²) in [5.74, 6) is 0. The number of urea groups is 1. The molecule has 1 N–H and O–H groups in total. The first-order chi connectivity index (χ1) is 10.3. The Labute approximate surface area is 121 Å². The van der Waals surface area contributed by atoms with Gasteiger partial charge in [0.25, 0.3) is 0 Å². The molecular formula is C16H14N4O. The van der Waals surface area contributed by atoms with Crippen molar-refractivity contribution < 1.29 is 4.79 Å². The lowest BCUT2D eigenvalue weighted by Gasteiger charge is -2.23. The molecule has 3 heterocycles. The van der Waals surface area contributed by atoms with Crippen molar-refractivity contribution in [2.75, 3.05) is 11.4 Å². The van der Waals surface area contributed by atoms with E-state index in [2.05, 4.69) is 10.3 Å². The van der Waals surface area contributed by atoms with Gasteiger partial charge >= 0.3 is 6.03 Å². The number of rotatable bonds is 2. The number of nitrogens with zero attached hydrogens (tertiary/aromatic N) is 3. The van der Waals surface area contributed by atoms with E-state index in [1.165, 1.54) is 0 Å². The first-order valence-electron chi connectivity index (χ1n) is 6.88. The highest BCUT2D eigenvalue weighted by Crippen LogP contribution is 2.30. The molecule has 1 unspecified atom stereocenters. The van der Waals surface area contributed by atoms with Gasteiger partial charge in [-0.05, 0) is 11.6 Å². The Kier molecular flexibility index (Phi) is 2.64. The Morgan fingerprint density at radius 3 is 2.86 bits per heavy atom. The number of hydrogen-bond acceptors (Lipinski definition) is 2. The molecule has 5 nitrogen and oxygen atoms in total.